The number of nitrogens with zero attached hydrogens (tertiary/aromatic N) is 2. The van der Waals surface area contributed by atoms with Gasteiger partial charge in [-0.25, -0.2) is 4.79 Å². The first-order valence-corrected chi connectivity index (χ1v) is 11.3. The van der Waals surface area contributed by atoms with Crippen molar-refractivity contribution in [1.82, 2.24) is 0 Å². The quantitative estimate of drug-likeness (QED) is 0.353. The lowest BCUT2D eigenvalue weighted by Gasteiger charge is -2.39. The van der Waals surface area contributed by atoms with Crippen molar-refractivity contribution in [2.75, 3.05) is 5.32 Å². The van der Waals surface area contributed by atoms with Crippen LogP contribution in [0.15, 0.2) is 47.6 Å². The standard InChI is InChI=1S/C26H29N3O5/c1-16-11-17(2)13-19(12-16)27-23(31)26-10-9-25(5,24(26,3)4)21(15-26)28-34-22(30)18-7-6-8-20(14-18)29(32)33/h6-8,11-14H,9-10,15H2,1-5H3,(H,27,31). The molecule has 178 valence electrons. The van der Waals surface area contributed by atoms with Gasteiger partial charge in [-0.05, 0) is 61.4 Å². The lowest BCUT2D eigenvalue weighted by Crippen LogP contribution is -2.43. The first-order chi connectivity index (χ1) is 15.9. The number of benzene rings is 2. The van der Waals surface area contributed by atoms with Crippen molar-refractivity contribution in [2.45, 2.75) is 53.9 Å². The molecule has 2 atom stereocenters. The van der Waals surface area contributed by atoms with Crippen LogP contribution in [-0.4, -0.2) is 22.5 Å². The number of rotatable bonds is 5. The van der Waals surface area contributed by atoms with Crippen molar-refractivity contribution in [1.29, 1.82) is 0 Å². The Hall–Kier alpha value is -3.55. The van der Waals surface area contributed by atoms with Gasteiger partial charge in [-0.15, -0.1) is 0 Å². The van der Waals surface area contributed by atoms with Crippen LogP contribution in [0, 0.1) is 40.2 Å². The first-order valence-electron chi connectivity index (χ1n) is 11.3. The smallest absolute Gasteiger partial charge is 0.326 e. The van der Waals surface area contributed by atoms with E-state index in [1.165, 1.54) is 18.2 Å². The predicted octanol–water partition coefficient (Wildman–Crippen LogP) is 5.58. The average molecular weight is 464 g/mol. The number of hydrogen-bond donors (Lipinski definition) is 1. The van der Waals surface area contributed by atoms with Crippen molar-refractivity contribution in [3.8, 4) is 0 Å². The Morgan fingerprint density at radius 2 is 1.74 bits per heavy atom. The van der Waals surface area contributed by atoms with Gasteiger partial charge in [0.05, 0.1) is 21.6 Å². The van der Waals surface area contributed by atoms with Gasteiger partial charge < -0.3 is 10.2 Å². The Labute approximate surface area is 198 Å². The van der Waals surface area contributed by atoms with Gasteiger partial charge in [0.1, 0.15) is 0 Å². The summed E-state index contributed by atoms with van der Waals surface area (Å²) >= 11 is 0. The van der Waals surface area contributed by atoms with E-state index in [-0.39, 0.29) is 17.2 Å². The number of anilines is 1. The summed E-state index contributed by atoms with van der Waals surface area (Å²) in [6, 6.07) is 11.3. The maximum absolute atomic E-state index is 13.6. The number of non-ortho nitro benzene ring substituents is 1. The van der Waals surface area contributed by atoms with Crippen molar-refractivity contribution in [2.24, 2.45) is 21.4 Å². The summed E-state index contributed by atoms with van der Waals surface area (Å²) in [6.07, 6.45) is 1.84. The molecular weight excluding hydrogens is 434 g/mol. The van der Waals surface area contributed by atoms with Crippen LogP contribution in [-0.2, 0) is 9.63 Å². The monoisotopic (exact) mass is 463 g/mol. The summed E-state index contributed by atoms with van der Waals surface area (Å²) < 4.78 is 0. The van der Waals surface area contributed by atoms with Crippen LogP contribution >= 0.6 is 0 Å². The minimum absolute atomic E-state index is 0.0494. The number of fused-ring (bicyclic) bond motifs is 2. The summed E-state index contributed by atoms with van der Waals surface area (Å²) in [5, 5.41) is 18.3. The summed E-state index contributed by atoms with van der Waals surface area (Å²) in [7, 11) is 0. The fourth-order valence-electron chi connectivity index (χ4n) is 5.72. The summed E-state index contributed by atoms with van der Waals surface area (Å²) in [6.45, 7) is 10.2. The molecule has 2 aliphatic carbocycles. The molecule has 0 aliphatic heterocycles. The minimum atomic E-state index is -0.769. The van der Waals surface area contributed by atoms with Crippen LogP contribution in [0.2, 0.25) is 0 Å². The number of oxime groups is 1. The third-order valence-electron chi connectivity index (χ3n) is 8.18. The maximum atomic E-state index is 13.6. The Kier molecular flexibility index (Phi) is 5.58. The van der Waals surface area contributed by atoms with Crippen LogP contribution in [0.25, 0.3) is 0 Å². The lowest BCUT2D eigenvalue weighted by molar-refractivity contribution is -0.384. The number of hydrogen-bond acceptors (Lipinski definition) is 6. The molecule has 0 heterocycles. The molecule has 0 saturated heterocycles. The Morgan fingerprint density at radius 3 is 2.38 bits per heavy atom. The van der Waals surface area contributed by atoms with Crippen LogP contribution < -0.4 is 5.32 Å². The number of nitro groups is 1. The normalized spacial score (nSPS) is 25.9. The molecule has 2 aromatic rings. The molecule has 0 radical (unpaired) electrons. The lowest BCUT2D eigenvalue weighted by atomic mass is 9.64. The molecule has 0 aromatic heterocycles. The van der Waals surface area contributed by atoms with E-state index in [1.54, 1.807) is 0 Å². The SMILES string of the molecule is Cc1cc(C)cc(NC(=O)C23CCC(C)(C(=NOC(=O)c4cccc([N+](=O)[O-])c4)C2)C3(C)C)c1. The highest BCUT2D eigenvalue weighted by molar-refractivity contribution is 6.06. The van der Waals surface area contributed by atoms with Gasteiger partial charge in [-0.2, -0.15) is 0 Å². The fourth-order valence-corrected chi connectivity index (χ4v) is 5.72. The number of nitrogens with one attached hydrogen (secondary N) is 1. The van der Waals surface area contributed by atoms with Crippen molar-refractivity contribution in [3.63, 3.8) is 0 Å². The van der Waals surface area contributed by atoms with Crippen LogP contribution in [0.3, 0.4) is 0 Å². The molecule has 0 spiro atoms. The Balaban J connectivity index is 1.59. The average Bonchev–Trinajstić information content (AvgIpc) is 3.07. The molecule has 2 unspecified atom stereocenters. The van der Waals surface area contributed by atoms with E-state index < -0.39 is 27.1 Å². The summed E-state index contributed by atoms with van der Waals surface area (Å²) in [4.78, 5) is 41.8. The van der Waals surface area contributed by atoms with Crippen LogP contribution in [0.1, 0.15) is 61.5 Å². The van der Waals surface area contributed by atoms with E-state index in [1.807, 2.05) is 26.0 Å². The molecule has 1 N–H and O–H groups in total. The third-order valence-corrected chi connectivity index (χ3v) is 8.18. The maximum Gasteiger partial charge on any atom is 0.365 e. The van der Waals surface area contributed by atoms with Crippen molar-refractivity contribution >= 4 is 29.0 Å². The zero-order valence-electron chi connectivity index (χ0n) is 20.1. The van der Waals surface area contributed by atoms with Crippen molar-refractivity contribution < 1.29 is 19.3 Å². The molecule has 8 heteroatoms. The van der Waals surface area contributed by atoms with E-state index in [2.05, 4.69) is 37.3 Å². The molecule has 2 fully saturated rings. The van der Waals surface area contributed by atoms with Crippen LogP contribution in [0.5, 0.6) is 0 Å². The number of carbonyl (C=O) groups is 2. The zero-order chi connectivity index (χ0) is 24.9. The second kappa shape index (κ2) is 8.04. The number of amides is 1. The molecular formula is C26H29N3O5. The summed E-state index contributed by atoms with van der Waals surface area (Å²) in [5.41, 5.74) is 1.91. The molecule has 2 bridgehead atoms. The largest absolute Gasteiger partial charge is 0.365 e. The molecule has 8 nitrogen and oxygen atoms in total. The Bertz CT molecular complexity index is 1210. The minimum Gasteiger partial charge on any atom is -0.326 e. The van der Waals surface area contributed by atoms with Gasteiger partial charge in [-0.3, -0.25) is 14.9 Å². The molecule has 2 aromatic carbocycles. The summed E-state index contributed by atoms with van der Waals surface area (Å²) in [5.74, 6) is -0.824. The second-order valence-corrected chi connectivity index (χ2v) is 10.3. The highest BCUT2D eigenvalue weighted by Gasteiger charge is 2.71. The third kappa shape index (κ3) is 3.57. The predicted molar refractivity (Wildman–Crippen MR) is 129 cm³/mol. The molecule has 34 heavy (non-hydrogen) atoms. The van der Waals surface area contributed by atoms with E-state index in [9.17, 15) is 19.7 Å². The first kappa shape index (κ1) is 23.6. The van der Waals surface area contributed by atoms with Gasteiger partial charge >= 0.3 is 5.97 Å². The van der Waals surface area contributed by atoms with Crippen molar-refractivity contribution in [3.05, 3.63) is 69.3 Å². The second-order valence-electron chi connectivity index (χ2n) is 10.3. The Morgan fingerprint density at radius 1 is 1.06 bits per heavy atom. The zero-order valence-corrected chi connectivity index (χ0v) is 20.1. The van der Waals surface area contributed by atoms with Gasteiger partial charge in [0.25, 0.3) is 5.69 Å². The van der Waals surface area contributed by atoms with E-state index >= 15 is 0 Å². The van der Waals surface area contributed by atoms with Gasteiger partial charge in [0, 0.05) is 29.7 Å². The number of aryl methyl sites for hydroxylation is 2. The molecule has 4 rings (SSSR count). The highest BCUT2D eigenvalue weighted by atomic mass is 16.7. The topological polar surface area (TPSA) is 111 Å². The fraction of sp³-hybridized carbons (Fsp3) is 0.423. The molecule has 2 saturated carbocycles. The van der Waals surface area contributed by atoms with E-state index in [4.69, 9.17) is 4.84 Å². The molecule has 2 aliphatic rings. The number of carbonyl (C=O) groups excluding carboxylic acids is 2. The number of nitro benzene ring substituents is 1. The van der Waals surface area contributed by atoms with Gasteiger partial charge in [-0.1, -0.05) is 38.1 Å². The van der Waals surface area contributed by atoms with Gasteiger partial charge in [0.2, 0.25) is 5.91 Å². The van der Waals surface area contributed by atoms with E-state index in [0.717, 1.165) is 29.3 Å². The molecule has 1 amide bonds. The van der Waals surface area contributed by atoms with Crippen LogP contribution in [0.4, 0.5) is 11.4 Å². The highest BCUT2D eigenvalue weighted by Crippen LogP contribution is 2.71. The van der Waals surface area contributed by atoms with E-state index in [0.29, 0.717) is 18.6 Å². The van der Waals surface area contributed by atoms with Gasteiger partial charge in [0.15, 0.2) is 0 Å².